The molecular weight excluding hydrogens is 228 g/mol. The van der Waals surface area contributed by atoms with Crippen molar-refractivity contribution < 1.29 is 0 Å². The maximum Gasteiger partial charge on any atom is 0.264 e. The molecule has 86 valence electrons. The Morgan fingerprint density at radius 3 is 3.00 bits per heavy atom. The lowest BCUT2D eigenvalue weighted by Gasteiger charge is -2.09. The number of alkyl halides is 1. The minimum Gasteiger partial charge on any atom is -0.298 e. The number of hydrogen-bond donors (Lipinski definition) is 0. The van der Waals surface area contributed by atoms with Crippen LogP contribution in [0.5, 0.6) is 0 Å². The molecule has 0 fully saturated rings. The van der Waals surface area contributed by atoms with Crippen molar-refractivity contribution in [3.63, 3.8) is 0 Å². The second kappa shape index (κ2) is 4.25. The van der Waals surface area contributed by atoms with E-state index >= 15 is 0 Å². The Labute approximate surface area is 97.7 Å². The average molecular weight is 241 g/mol. The molecule has 0 saturated carbocycles. The molecule has 5 nitrogen and oxygen atoms in total. The summed E-state index contributed by atoms with van der Waals surface area (Å²) in [5.41, 5.74) is 0.551. The third-order valence-electron chi connectivity index (χ3n) is 2.49. The number of nitrogens with zero attached hydrogens (tertiary/aromatic N) is 4. The number of aryl methyl sites for hydroxylation is 1. The van der Waals surface area contributed by atoms with Gasteiger partial charge in [0.15, 0.2) is 5.65 Å². The molecule has 0 saturated heterocycles. The van der Waals surface area contributed by atoms with Gasteiger partial charge in [0.2, 0.25) is 0 Å². The predicted octanol–water partition coefficient (Wildman–Crippen LogP) is 1.00. The predicted molar refractivity (Wildman–Crippen MR) is 62.7 cm³/mol. The van der Waals surface area contributed by atoms with Crippen molar-refractivity contribution in [2.45, 2.75) is 13.5 Å². The Kier molecular flexibility index (Phi) is 2.96. The van der Waals surface area contributed by atoms with Crippen LogP contribution in [0.2, 0.25) is 0 Å². The summed E-state index contributed by atoms with van der Waals surface area (Å²) in [5, 5.41) is 4.56. The highest BCUT2D eigenvalue weighted by Gasteiger charge is 2.09. The molecule has 0 N–H and O–H groups in total. The van der Waals surface area contributed by atoms with Crippen molar-refractivity contribution in [1.82, 2.24) is 19.3 Å². The highest BCUT2D eigenvalue weighted by molar-refractivity contribution is 6.18. The number of fused-ring (bicyclic) bond motifs is 1. The van der Waals surface area contributed by atoms with Crippen LogP contribution >= 0.6 is 11.6 Å². The fourth-order valence-electron chi connectivity index (χ4n) is 1.58. The van der Waals surface area contributed by atoms with Crippen molar-refractivity contribution in [2.24, 2.45) is 13.0 Å². The van der Waals surface area contributed by atoms with Gasteiger partial charge in [-0.3, -0.25) is 14.0 Å². The zero-order chi connectivity index (χ0) is 11.7. The van der Waals surface area contributed by atoms with Crippen molar-refractivity contribution in [2.75, 3.05) is 5.88 Å². The minimum absolute atomic E-state index is 0.0601. The molecule has 2 rings (SSSR count). The highest BCUT2D eigenvalue weighted by atomic mass is 35.5. The van der Waals surface area contributed by atoms with E-state index in [0.717, 1.165) is 0 Å². The minimum atomic E-state index is -0.0601. The molecule has 2 aromatic heterocycles. The molecule has 1 atom stereocenters. The van der Waals surface area contributed by atoms with Gasteiger partial charge in [-0.2, -0.15) is 5.10 Å². The second-order valence-electron chi connectivity index (χ2n) is 3.97. The lowest BCUT2D eigenvalue weighted by molar-refractivity contribution is 0.512. The van der Waals surface area contributed by atoms with Gasteiger partial charge in [0, 0.05) is 19.5 Å². The van der Waals surface area contributed by atoms with Gasteiger partial charge in [0.25, 0.3) is 5.56 Å². The fourth-order valence-corrected chi connectivity index (χ4v) is 1.68. The van der Waals surface area contributed by atoms with E-state index in [0.29, 0.717) is 23.5 Å². The first-order chi connectivity index (χ1) is 7.63. The lowest BCUT2D eigenvalue weighted by atomic mass is 10.2. The molecule has 16 heavy (non-hydrogen) atoms. The summed E-state index contributed by atoms with van der Waals surface area (Å²) in [4.78, 5) is 16.2. The summed E-state index contributed by atoms with van der Waals surface area (Å²) >= 11 is 5.72. The van der Waals surface area contributed by atoms with Gasteiger partial charge in [0.05, 0.1) is 12.5 Å². The SMILES string of the molecule is CC(CCl)Cn1cnc2c(cnn2C)c1=O. The third-order valence-corrected chi connectivity index (χ3v) is 3.02. The first-order valence-electron chi connectivity index (χ1n) is 5.06. The largest absolute Gasteiger partial charge is 0.298 e. The maximum absolute atomic E-state index is 12.0. The summed E-state index contributed by atoms with van der Waals surface area (Å²) in [7, 11) is 1.76. The molecule has 1 unspecified atom stereocenters. The van der Waals surface area contributed by atoms with Crippen LogP contribution in [0.15, 0.2) is 17.3 Å². The van der Waals surface area contributed by atoms with Crippen LogP contribution in [-0.2, 0) is 13.6 Å². The lowest BCUT2D eigenvalue weighted by Crippen LogP contribution is -2.24. The molecule has 0 amide bonds. The van der Waals surface area contributed by atoms with Crippen LogP contribution < -0.4 is 5.56 Å². The standard InChI is InChI=1S/C10H13ClN4O/c1-7(3-11)5-15-6-12-9-8(10(15)16)4-13-14(9)2/h4,6-7H,3,5H2,1-2H3. The highest BCUT2D eigenvalue weighted by Crippen LogP contribution is 2.05. The van der Waals surface area contributed by atoms with E-state index < -0.39 is 0 Å². The van der Waals surface area contributed by atoms with E-state index in [4.69, 9.17) is 11.6 Å². The quantitative estimate of drug-likeness (QED) is 0.753. The summed E-state index contributed by atoms with van der Waals surface area (Å²) < 4.78 is 3.17. The first-order valence-corrected chi connectivity index (χ1v) is 5.60. The molecule has 0 aliphatic rings. The Bertz CT molecular complexity index is 559. The number of halogens is 1. The molecule has 0 aliphatic carbocycles. The molecule has 0 bridgehead atoms. The molecule has 0 aliphatic heterocycles. The van der Waals surface area contributed by atoms with Crippen LogP contribution in [0.4, 0.5) is 0 Å². The summed E-state index contributed by atoms with van der Waals surface area (Å²) in [6.45, 7) is 2.58. The van der Waals surface area contributed by atoms with Gasteiger partial charge in [0.1, 0.15) is 5.39 Å². The fraction of sp³-hybridized carbons (Fsp3) is 0.500. The topological polar surface area (TPSA) is 52.7 Å². The van der Waals surface area contributed by atoms with Crippen LogP contribution in [0, 0.1) is 5.92 Å². The molecule has 0 spiro atoms. The average Bonchev–Trinajstić information content (AvgIpc) is 2.65. The second-order valence-corrected chi connectivity index (χ2v) is 4.28. The van der Waals surface area contributed by atoms with E-state index in [1.165, 1.54) is 0 Å². The zero-order valence-electron chi connectivity index (χ0n) is 9.22. The molecular formula is C10H13ClN4O. The summed E-state index contributed by atoms with van der Waals surface area (Å²) in [6.07, 6.45) is 3.10. The van der Waals surface area contributed by atoms with Gasteiger partial charge in [-0.25, -0.2) is 4.98 Å². The Morgan fingerprint density at radius 1 is 1.56 bits per heavy atom. The Hall–Kier alpha value is -1.36. The van der Waals surface area contributed by atoms with E-state index in [9.17, 15) is 4.79 Å². The first kappa shape index (κ1) is 11.1. The van der Waals surface area contributed by atoms with Crippen LogP contribution in [0.3, 0.4) is 0 Å². The van der Waals surface area contributed by atoms with Crippen molar-refractivity contribution >= 4 is 22.6 Å². The molecule has 0 aromatic carbocycles. The van der Waals surface area contributed by atoms with Gasteiger partial charge in [-0.15, -0.1) is 11.6 Å². The smallest absolute Gasteiger partial charge is 0.264 e. The van der Waals surface area contributed by atoms with Gasteiger partial charge >= 0.3 is 0 Å². The molecule has 2 aromatic rings. The van der Waals surface area contributed by atoms with Crippen LogP contribution in [-0.4, -0.2) is 25.2 Å². The molecule has 2 heterocycles. The number of hydrogen-bond acceptors (Lipinski definition) is 3. The molecule has 0 radical (unpaired) electrons. The summed E-state index contributed by atoms with van der Waals surface area (Å²) in [6, 6.07) is 0. The Morgan fingerprint density at radius 2 is 2.31 bits per heavy atom. The Balaban J connectivity index is 2.49. The third kappa shape index (κ3) is 1.82. The normalized spacial score (nSPS) is 13.2. The van der Waals surface area contributed by atoms with Crippen molar-refractivity contribution in [3.8, 4) is 0 Å². The van der Waals surface area contributed by atoms with Crippen LogP contribution in [0.1, 0.15) is 6.92 Å². The summed E-state index contributed by atoms with van der Waals surface area (Å²) in [5.74, 6) is 0.771. The molecule has 6 heteroatoms. The zero-order valence-corrected chi connectivity index (χ0v) is 9.98. The van der Waals surface area contributed by atoms with E-state index in [2.05, 4.69) is 10.1 Å². The van der Waals surface area contributed by atoms with Gasteiger partial charge < -0.3 is 0 Å². The monoisotopic (exact) mass is 240 g/mol. The van der Waals surface area contributed by atoms with E-state index in [1.54, 1.807) is 28.8 Å². The van der Waals surface area contributed by atoms with E-state index in [1.807, 2.05) is 6.92 Å². The van der Waals surface area contributed by atoms with Crippen molar-refractivity contribution in [1.29, 1.82) is 0 Å². The van der Waals surface area contributed by atoms with Crippen molar-refractivity contribution in [3.05, 3.63) is 22.9 Å². The van der Waals surface area contributed by atoms with Gasteiger partial charge in [-0.05, 0) is 5.92 Å². The van der Waals surface area contributed by atoms with E-state index in [-0.39, 0.29) is 11.5 Å². The van der Waals surface area contributed by atoms with Crippen LogP contribution in [0.25, 0.3) is 11.0 Å². The van der Waals surface area contributed by atoms with Gasteiger partial charge in [-0.1, -0.05) is 6.92 Å². The number of aromatic nitrogens is 4. The number of rotatable bonds is 3. The maximum atomic E-state index is 12.0.